The fraction of sp³-hybridized carbons (Fsp3) is 0.462. The largest absolute Gasteiger partial charge is 0.484 e. The van der Waals surface area contributed by atoms with Gasteiger partial charge in [-0.05, 0) is 61.1 Å². The summed E-state index contributed by atoms with van der Waals surface area (Å²) in [5, 5.41) is 3.54. The molecule has 2 aromatic carbocycles. The van der Waals surface area contributed by atoms with Gasteiger partial charge in [0.2, 0.25) is 5.91 Å². The number of nitrogens with one attached hydrogen (secondary N) is 1. The van der Waals surface area contributed by atoms with Crippen LogP contribution in [0.4, 0.5) is 0 Å². The molecule has 2 unspecified atom stereocenters. The van der Waals surface area contributed by atoms with Crippen molar-refractivity contribution in [3.63, 3.8) is 0 Å². The van der Waals surface area contributed by atoms with Gasteiger partial charge >= 0.3 is 0 Å². The molecule has 0 aromatic heterocycles. The van der Waals surface area contributed by atoms with Gasteiger partial charge in [0.1, 0.15) is 11.8 Å². The molecule has 2 atom stereocenters. The number of amides is 2. The van der Waals surface area contributed by atoms with E-state index in [1.165, 1.54) is 10.5 Å². The van der Waals surface area contributed by atoms with E-state index in [-0.39, 0.29) is 36.4 Å². The molecule has 2 amide bonds. The third-order valence-electron chi connectivity index (χ3n) is 5.49. The number of carbonyl (C=O) groups is 2. The summed E-state index contributed by atoms with van der Waals surface area (Å²) in [6.07, 6.45) is 0.814. The molecule has 2 aromatic rings. The van der Waals surface area contributed by atoms with Gasteiger partial charge in [-0.15, -0.1) is 0 Å². The van der Waals surface area contributed by atoms with Crippen molar-refractivity contribution in [3.05, 3.63) is 64.7 Å². The highest BCUT2D eigenvalue weighted by atomic mass is 35.5. The second-order valence-corrected chi connectivity index (χ2v) is 9.64. The van der Waals surface area contributed by atoms with Crippen LogP contribution in [0.25, 0.3) is 0 Å². The Hall–Kier alpha value is -2.53. The minimum Gasteiger partial charge on any atom is -0.484 e. The molecule has 6 heteroatoms. The summed E-state index contributed by atoms with van der Waals surface area (Å²) in [5.74, 6) is 0.159. The molecule has 0 saturated heterocycles. The highest BCUT2D eigenvalue weighted by molar-refractivity contribution is 6.30. The van der Waals surface area contributed by atoms with Crippen LogP contribution in [0.2, 0.25) is 5.02 Å². The first-order chi connectivity index (χ1) is 15.0. The predicted octanol–water partition coefficient (Wildman–Crippen LogP) is 5.35. The Kier molecular flexibility index (Phi) is 9.14. The Balaban J connectivity index is 2.14. The summed E-state index contributed by atoms with van der Waals surface area (Å²) in [6, 6.07) is 14.4. The van der Waals surface area contributed by atoms with Gasteiger partial charge in [0.25, 0.3) is 5.91 Å². The Bertz CT molecular complexity index is 906. The monoisotopic (exact) mass is 458 g/mol. The maximum Gasteiger partial charge on any atom is 0.261 e. The third kappa shape index (κ3) is 7.56. The Labute approximate surface area is 197 Å². The van der Waals surface area contributed by atoms with E-state index in [1.54, 1.807) is 19.1 Å². The minimum absolute atomic E-state index is 0.0330. The molecule has 1 N–H and O–H groups in total. The first-order valence-electron chi connectivity index (χ1n) is 11.1. The second-order valence-electron chi connectivity index (χ2n) is 9.21. The Morgan fingerprint density at radius 3 is 2.31 bits per heavy atom. The SMILES string of the molecule is CCC(C)NC(=O)C(C)N(Cc1cccc(Cl)c1)C(=O)COc1ccc(C(C)(C)C)cc1. The first-order valence-corrected chi connectivity index (χ1v) is 11.5. The van der Waals surface area contributed by atoms with Crippen LogP contribution in [0.3, 0.4) is 0 Å². The van der Waals surface area contributed by atoms with E-state index < -0.39 is 6.04 Å². The van der Waals surface area contributed by atoms with Crippen LogP contribution in [-0.2, 0) is 21.5 Å². The van der Waals surface area contributed by atoms with Crippen molar-refractivity contribution in [2.24, 2.45) is 0 Å². The lowest BCUT2D eigenvalue weighted by atomic mass is 9.87. The van der Waals surface area contributed by atoms with Gasteiger partial charge < -0.3 is 15.0 Å². The number of nitrogens with zero attached hydrogens (tertiary/aromatic N) is 1. The number of carbonyl (C=O) groups excluding carboxylic acids is 2. The van der Waals surface area contributed by atoms with E-state index in [2.05, 4.69) is 26.1 Å². The Morgan fingerprint density at radius 1 is 1.09 bits per heavy atom. The number of rotatable bonds is 9. The number of halogens is 1. The van der Waals surface area contributed by atoms with Crippen LogP contribution >= 0.6 is 11.6 Å². The zero-order chi connectivity index (χ0) is 23.9. The van der Waals surface area contributed by atoms with E-state index in [4.69, 9.17) is 16.3 Å². The van der Waals surface area contributed by atoms with Crippen LogP contribution in [0.1, 0.15) is 59.1 Å². The summed E-state index contributed by atoms with van der Waals surface area (Å²) in [6.45, 7) is 12.2. The zero-order valence-electron chi connectivity index (χ0n) is 19.9. The van der Waals surface area contributed by atoms with Crippen molar-refractivity contribution >= 4 is 23.4 Å². The van der Waals surface area contributed by atoms with Crippen LogP contribution in [0.15, 0.2) is 48.5 Å². The highest BCUT2D eigenvalue weighted by Gasteiger charge is 2.27. The molecule has 0 radical (unpaired) electrons. The van der Waals surface area contributed by atoms with Crippen molar-refractivity contribution in [2.45, 2.75) is 72.0 Å². The van der Waals surface area contributed by atoms with Crippen molar-refractivity contribution in [1.82, 2.24) is 10.2 Å². The van der Waals surface area contributed by atoms with E-state index in [1.807, 2.05) is 50.2 Å². The van der Waals surface area contributed by atoms with Gasteiger partial charge in [-0.3, -0.25) is 9.59 Å². The normalized spacial score (nSPS) is 13.2. The number of hydrogen-bond acceptors (Lipinski definition) is 3. The number of benzene rings is 2. The summed E-state index contributed by atoms with van der Waals surface area (Å²) in [4.78, 5) is 27.4. The average Bonchev–Trinajstić information content (AvgIpc) is 2.75. The fourth-order valence-electron chi connectivity index (χ4n) is 3.16. The van der Waals surface area contributed by atoms with Crippen molar-refractivity contribution < 1.29 is 14.3 Å². The van der Waals surface area contributed by atoms with Crippen LogP contribution in [-0.4, -0.2) is 35.4 Å². The summed E-state index contributed by atoms with van der Waals surface area (Å²) in [7, 11) is 0. The smallest absolute Gasteiger partial charge is 0.261 e. The number of ether oxygens (including phenoxy) is 1. The van der Waals surface area contributed by atoms with E-state index in [0.717, 1.165) is 12.0 Å². The molecular formula is C26H35ClN2O3. The lowest BCUT2D eigenvalue weighted by Crippen LogP contribution is -2.50. The minimum atomic E-state index is -0.651. The first kappa shape index (κ1) is 25.7. The lowest BCUT2D eigenvalue weighted by Gasteiger charge is -2.29. The predicted molar refractivity (Wildman–Crippen MR) is 130 cm³/mol. The van der Waals surface area contributed by atoms with Crippen LogP contribution < -0.4 is 10.1 Å². The lowest BCUT2D eigenvalue weighted by molar-refractivity contribution is -0.142. The Morgan fingerprint density at radius 2 is 1.75 bits per heavy atom. The molecular weight excluding hydrogens is 424 g/mol. The summed E-state index contributed by atoms with van der Waals surface area (Å²) < 4.78 is 5.76. The van der Waals surface area contributed by atoms with Crippen molar-refractivity contribution in [3.8, 4) is 5.75 Å². The maximum atomic E-state index is 13.1. The molecule has 0 aliphatic rings. The average molecular weight is 459 g/mol. The fourth-order valence-corrected chi connectivity index (χ4v) is 3.37. The van der Waals surface area contributed by atoms with Crippen molar-refractivity contribution in [2.75, 3.05) is 6.61 Å². The van der Waals surface area contributed by atoms with Gasteiger partial charge in [0, 0.05) is 17.6 Å². The van der Waals surface area contributed by atoms with E-state index in [0.29, 0.717) is 10.8 Å². The third-order valence-corrected chi connectivity index (χ3v) is 5.73. The molecule has 0 spiro atoms. The topological polar surface area (TPSA) is 58.6 Å². The van der Waals surface area contributed by atoms with Crippen LogP contribution in [0, 0.1) is 0 Å². The standard InChI is InChI=1S/C26H35ClN2O3/c1-7-18(2)28-25(31)19(3)29(16-20-9-8-10-22(27)15-20)24(30)17-32-23-13-11-21(12-14-23)26(4,5)6/h8-15,18-19H,7,16-17H2,1-6H3,(H,28,31). The van der Waals surface area contributed by atoms with E-state index >= 15 is 0 Å². The van der Waals surface area contributed by atoms with Crippen LogP contribution in [0.5, 0.6) is 5.75 Å². The van der Waals surface area contributed by atoms with Gasteiger partial charge in [-0.2, -0.15) is 0 Å². The molecule has 174 valence electrons. The molecule has 0 heterocycles. The molecule has 0 bridgehead atoms. The molecule has 0 aliphatic heterocycles. The van der Waals surface area contributed by atoms with E-state index in [9.17, 15) is 9.59 Å². The molecule has 0 fully saturated rings. The van der Waals surface area contributed by atoms with Gasteiger partial charge in [-0.25, -0.2) is 0 Å². The maximum absolute atomic E-state index is 13.1. The van der Waals surface area contributed by atoms with Gasteiger partial charge in [0.15, 0.2) is 6.61 Å². The molecule has 5 nitrogen and oxygen atoms in total. The molecule has 32 heavy (non-hydrogen) atoms. The zero-order valence-corrected chi connectivity index (χ0v) is 20.7. The van der Waals surface area contributed by atoms with Gasteiger partial charge in [0.05, 0.1) is 0 Å². The summed E-state index contributed by atoms with van der Waals surface area (Å²) in [5.41, 5.74) is 2.08. The van der Waals surface area contributed by atoms with Crippen molar-refractivity contribution in [1.29, 1.82) is 0 Å². The molecule has 2 rings (SSSR count). The number of hydrogen-bond donors (Lipinski definition) is 1. The summed E-state index contributed by atoms with van der Waals surface area (Å²) >= 11 is 6.12. The molecule has 0 aliphatic carbocycles. The highest BCUT2D eigenvalue weighted by Crippen LogP contribution is 2.24. The van der Waals surface area contributed by atoms with Gasteiger partial charge in [-0.1, -0.05) is 63.6 Å². The molecule has 0 saturated carbocycles. The quantitative estimate of drug-likeness (QED) is 0.551. The second kappa shape index (κ2) is 11.4.